The molecule has 5 N–H and O–H groups in total. The van der Waals surface area contributed by atoms with Crippen LogP contribution in [0.25, 0.3) is 0 Å². The summed E-state index contributed by atoms with van der Waals surface area (Å²) >= 11 is 1.45. The van der Waals surface area contributed by atoms with E-state index in [-0.39, 0.29) is 36.9 Å². The third kappa shape index (κ3) is 10.1. The standard InChI is InChI=1S/C33H44N6O7S2/c1-22(40)31(37-33(43)38(3)19-27-21-47-23(2)35-27)32(42)36-29(16-24-8-5-4-6-9-24)30(41)20-39(18-26-10-7-11-26)48(45,46)28-14-12-25(13-15-28)17-34-44/h4-6,8-9,12-15,17,21-22,26,29-31,40-41,44H,7,10-11,16,18-20H2,1-3H3,(H,36,42)(H,37,43)/b34-17+/t22-,29+,30-,31+/m1/s1. The van der Waals surface area contributed by atoms with E-state index in [4.69, 9.17) is 5.21 Å². The van der Waals surface area contributed by atoms with Gasteiger partial charge in [0.2, 0.25) is 15.9 Å². The Bertz CT molecular complexity index is 1630. The minimum Gasteiger partial charge on any atom is -0.411 e. The molecular formula is C33H44N6O7S2. The summed E-state index contributed by atoms with van der Waals surface area (Å²) < 4.78 is 29.0. The lowest BCUT2D eigenvalue weighted by Gasteiger charge is -2.35. The van der Waals surface area contributed by atoms with E-state index in [0.29, 0.717) is 11.3 Å². The maximum absolute atomic E-state index is 13.9. The number of carbonyl (C=O) groups is 2. The van der Waals surface area contributed by atoms with Crippen molar-refractivity contribution in [2.45, 2.75) is 75.3 Å². The van der Waals surface area contributed by atoms with E-state index >= 15 is 0 Å². The van der Waals surface area contributed by atoms with Crippen molar-refractivity contribution in [2.24, 2.45) is 11.1 Å². The molecule has 0 radical (unpaired) electrons. The average molecular weight is 701 g/mol. The van der Waals surface area contributed by atoms with Crippen LogP contribution in [0.3, 0.4) is 0 Å². The highest BCUT2D eigenvalue weighted by atomic mass is 32.2. The fourth-order valence-corrected chi connectivity index (χ4v) is 7.52. The van der Waals surface area contributed by atoms with Crippen LogP contribution in [-0.4, -0.2) is 101 Å². The number of benzene rings is 2. The normalized spacial score (nSPS) is 16.2. The Morgan fingerprint density at radius 1 is 1.10 bits per heavy atom. The van der Waals surface area contributed by atoms with Gasteiger partial charge in [-0.2, -0.15) is 4.31 Å². The fourth-order valence-electron chi connectivity index (χ4n) is 5.38. The zero-order valence-corrected chi connectivity index (χ0v) is 28.9. The molecule has 3 amide bonds. The topological polar surface area (TPSA) is 185 Å². The van der Waals surface area contributed by atoms with Crippen molar-refractivity contribution in [1.82, 2.24) is 24.8 Å². The number of hydrogen-bond donors (Lipinski definition) is 5. The zero-order valence-electron chi connectivity index (χ0n) is 27.3. The van der Waals surface area contributed by atoms with E-state index < -0.39 is 46.3 Å². The monoisotopic (exact) mass is 700 g/mol. The molecule has 0 spiro atoms. The molecule has 0 aliphatic heterocycles. The lowest BCUT2D eigenvalue weighted by molar-refractivity contribution is -0.127. The van der Waals surface area contributed by atoms with Crippen LogP contribution >= 0.6 is 11.3 Å². The first kappa shape index (κ1) is 36.9. The Labute approximate surface area is 285 Å². The van der Waals surface area contributed by atoms with Gasteiger partial charge < -0.3 is 31.0 Å². The van der Waals surface area contributed by atoms with E-state index in [2.05, 4.69) is 20.8 Å². The van der Waals surface area contributed by atoms with Crippen molar-refractivity contribution in [2.75, 3.05) is 20.1 Å². The Morgan fingerprint density at radius 3 is 2.35 bits per heavy atom. The largest absolute Gasteiger partial charge is 0.411 e. The first-order valence-corrected chi connectivity index (χ1v) is 18.1. The molecule has 1 aromatic heterocycles. The molecule has 0 bridgehead atoms. The van der Waals surface area contributed by atoms with Gasteiger partial charge in [0.25, 0.3) is 0 Å². The Morgan fingerprint density at radius 2 is 1.79 bits per heavy atom. The predicted molar refractivity (Wildman–Crippen MR) is 182 cm³/mol. The number of hydrogen-bond acceptors (Lipinski definition) is 10. The number of nitrogens with zero attached hydrogens (tertiary/aromatic N) is 4. The highest BCUT2D eigenvalue weighted by Gasteiger charge is 2.35. The highest BCUT2D eigenvalue weighted by molar-refractivity contribution is 7.89. The van der Waals surface area contributed by atoms with Crippen molar-refractivity contribution in [3.8, 4) is 0 Å². The van der Waals surface area contributed by atoms with Crippen LogP contribution in [0.4, 0.5) is 4.79 Å². The number of thiazole rings is 1. The second-order valence-corrected chi connectivity index (χ2v) is 15.2. The molecule has 15 heteroatoms. The van der Waals surface area contributed by atoms with Crippen LogP contribution < -0.4 is 10.6 Å². The average Bonchev–Trinajstić information content (AvgIpc) is 3.44. The minimum absolute atomic E-state index is 0.0153. The summed E-state index contributed by atoms with van der Waals surface area (Å²) in [4.78, 5) is 32.4. The predicted octanol–water partition coefficient (Wildman–Crippen LogP) is 2.73. The summed E-state index contributed by atoms with van der Waals surface area (Å²) in [7, 11) is -2.52. The van der Waals surface area contributed by atoms with Gasteiger partial charge in [0.05, 0.1) is 46.6 Å². The van der Waals surface area contributed by atoms with E-state index in [1.165, 1.54) is 57.9 Å². The van der Waals surface area contributed by atoms with Gasteiger partial charge in [-0.1, -0.05) is 54.0 Å². The number of oxime groups is 1. The lowest BCUT2D eigenvalue weighted by atomic mass is 9.85. The Balaban J connectivity index is 1.54. The smallest absolute Gasteiger partial charge is 0.318 e. The van der Waals surface area contributed by atoms with Crippen molar-refractivity contribution >= 4 is 39.5 Å². The maximum Gasteiger partial charge on any atom is 0.318 e. The molecule has 13 nitrogen and oxygen atoms in total. The van der Waals surface area contributed by atoms with Crippen LogP contribution in [0.1, 0.15) is 48.0 Å². The van der Waals surface area contributed by atoms with Gasteiger partial charge in [0.15, 0.2) is 0 Å². The van der Waals surface area contributed by atoms with Gasteiger partial charge in [-0.05, 0) is 62.3 Å². The van der Waals surface area contributed by atoms with Gasteiger partial charge in [-0.25, -0.2) is 18.2 Å². The number of aromatic nitrogens is 1. The van der Waals surface area contributed by atoms with Crippen LogP contribution in [0.15, 0.2) is 70.0 Å². The molecule has 0 saturated heterocycles. The molecule has 1 fully saturated rings. The van der Waals surface area contributed by atoms with E-state index in [1.54, 1.807) is 7.05 Å². The maximum atomic E-state index is 13.9. The number of aliphatic hydroxyl groups excluding tert-OH is 2. The molecule has 260 valence electrons. The van der Waals surface area contributed by atoms with Gasteiger partial charge >= 0.3 is 6.03 Å². The van der Waals surface area contributed by atoms with Crippen molar-refractivity contribution in [1.29, 1.82) is 0 Å². The summed E-state index contributed by atoms with van der Waals surface area (Å²) in [5, 5.41) is 42.0. The highest BCUT2D eigenvalue weighted by Crippen LogP contribution is 2.30. The zero-order chi connectivity index (χ0) is 34.8. The second-order valence-electron chi connectivity index (χ2n) is 12.2. The van der Waals surface area contributed by atoms with Crippen molar-refractivity contribution in [3.05, 3.63) is 81.8 Å². The van der Waals surface area contributed by atoms with Crippen molar-refractivity contribution < 1.29 is 33.4 Å². The number of aryl methyl sites for hydroxylation is 1. The third-order valence-corrected chi connectivity index (χ3v) is 11.0. The molecule has 48 heavy (non-hydrogen) atoms. The van der Waals surface area contributed by atoms with Crippen LogP contribution in [0, 0.1) is 12.8 Å². The summed E-state index contributed by atoms with van der Waals surface area (Å²) in [6.45, 7) is 3.32. The Kier molecular flexibility index (Phi) is 13.1. The van der Waals surface area contributed by atoms with Gasteiger partial charge in [0.1, 0.15) is 6.04 Å². The molecule has 1 heterocycles. The lowest BCUT2D eigenvalue weighted by Crippen LogP contribution is -2.59. The molecule has 4 atom stereocenters. The summed E-state index contributed by atoms with van der Waals surface area (Å²) in [6, 6.07) is 12.0. The summed E-state index contributed by atoms with van der Waals surface area (Å²) in [6.07, 6.45) is 1.43. The number of aliphatic hydroxyl groups is 2. The van der Waals surface area contributed by atoms with E-state index in [9.17, 15) is 28.2 Å². The number of urea groups is 1. The summed E-state index contributed by atoms with van der Waals surface area (Å²) in [5.41, 5.74) is 1.99. The molecule has 3 aromatic rings. The van der Waals surface area contributed by atoms with Gasteiger partial charge in [-0.15, -0.1) is 11.3 Å². The molecule has 4 rings (SSSR count). The third-order valence-electron chi connectivity index (χ3n) is 8.35. The minimum atomic E-state index is -4.07. The second kappa shape index (κ2) is 17.0. The van der Waals surface area contributed by atoms with Gasteiger partial charge in [0, 0.05) is 25.5 Å². The Hall–Kier alpha value is -3.89. The van der Waals surface area contributed by atoms with E-state index in [0.717, 1.165) is 29.8 Å². The fraction of sp³-hybridized carbons (Fsp3) is 0.455. The summed E-state index contributed by atoms with van der Waals surface area (Å²) in [5.74, 6) is -0.597. The quantitative estimate of drug-likeness (QED) is 0.0858. The first-order chi connectivity index (χ1) is 22.9. The molecule has 1 aliphatic rings. The van der Waals surface area contributed by atoms with Crippen LogP contribution in [0.2, 0.25) is 0 Å². The number of rotatable bonds is 16. The molecular weight excluding hydrogens is 657 g/mol. The first-order valence-electron chi connectivity index (χ1n) is 15.8. The molecule has 2 aromatic carbocycles. The SMILES string of the molecule is Cc1nc(CN(C)C(=O)N[C@H](C(=O)N[C@@H](Cc2ccccc2)[C@H](O)CN(CC2CCC2)S(=O)(=O)c2ccc(/C=N/O)cc2)[C@@H](C)O)cs1. The van der Waals surface area contributed by atoms with E-state index in [1.807, 2.05) is 42.6 Å². The molecule has 1 saturated carbocycles. The van der Waals surface area contributed by atoms with Crippen LogP contribution in [-0.2, 0) is 27.8 Å². The number of sulfonamides is 1. The van der Waals surface area contributed by atoms with Crippen LogP contribution in [0.5, 0.6) is 0 Å². The number of nitrogens with one attached hydrogen (secondary N) is 2. The van der Waals surface area contributed by atoms with Crippen molar-refractivity contribution in [3.63, 3.8) is 0 Å². The van der Waals surface area contributed by atoms with Gasteiger partial charge in [-0.3, -0.25) is 4.79 Å². The molecule has 1 aliphatic carbocycles. The number of amides is 3. The molecule has 0 unspecified atom stereocenters. The number of carbonyl (C=O) groups excluding carboxylic acids is 2.